The van der Waals surface area contributed by atoms with E-state index < -0.39 is 12.0 Å². The first-order valence-electron chi connectivity index (χ1n) is 6.19. The van der Waals surface area contributed by atoms with Crippen LogP contribution in [-0.4, -0.2) is 61.7 Å². The highest BCUT2D eigenvalue weighted by molar-refractivity contribution is 7.80. The molecule has 0 rings (SSSR count). The van der Waals surface area contributed by atoms with Crippen molar-refractivity contribution in [3.63, 3.8) is 0 Å². The fourth-order valence-electron chi connectivity index (χ4n) is 1.05. The van der Waals surface area contributed by atoms with E-state index in [1.54, 1.807) is 7.05 Å². The van der Waals surface area contributed by atoms with Crippen LogP contribution in [0.2, 0.25) is 0 Å². The summed E-state index contributed by atoms with van der Waals surface area (Å²) in [5.41, 5.74) is 0. The summed E-state index contributed by atoms with van der Waals surface area (Å²) >= 11 is 3.89. The van der Waals surface area contributed by atoms with Crippen molar-refractivity contribution in [2.75, 3.05) is 26.5 Å². The van der Waals surface area contributed by atoms with Gasteiger partial charge < -0.3 is 25.3 Å². The van der Waals surface area contributed by atoms with Crippen molar-refractivity contribution in [1.82, 2.24) is 10.6 Å². The number of carboxylic acid groups (broad SMARTS) is 1. The zero-order valence-corrected chi connectivity index (χ0v) is 13.0. The molecule has 0 aliphatic rings. The minimum atomic E-state index is -0.822. The summed E-state index contributed by atoms with van der Waals surface area (Å²) in [5.74, 6) is -1.15. The third-order valence-corrected chi connectivity index (χ3v) is 2.44. The average molecular weight is 322 g/mol. The van der Waals surface area contributed by atoms with Crippen molar-refractivity contribution in [3.8, 4) is 0 Å². The Labute approximate surface area is 129 Å². The molecule has 0 fully saturated rings. The lowest BCUT2D eigenvalue weighted by atomic mass is 10.2. The smallest absolute Gasteiger partial charge is 0.317 e. The Hall–Kier alpha value is -1.61. The fraction of sp³-hybridized carbons (Fsp3) is 0.667. The Kier molecular flexibility index (Phi) is 15.3. The molecule has 0 aromatic rings. The van der Waals surface area contributed by atoms with Gasteiger partial charge in [-0.05, 0) is 13.5 Å². The topological polar surface area (TPSA) is 122 Å². The van der Waals surface area contributed by atoms with Gasteiger partial charge >= 0.3 is 11.9 Å². The second-order valence-corrected chi connectivity index (χ2v) is 4.21. The van der Waals surface area contributed by atoms with E-state index in [0.717, 1.165) is 0 Å². The number of ether oxygens (including phenoxy) is 1. The quantitative estimate of drug-likeness (QED) is 0.250. The van der Waals surface area contributed by atoms with Gasteiger partial charge in [-0.15, -0.1) is 0 Å². The number of methoxy groups -OCH3 is 1. The maximum atomic E-state index is 11.2. The first-order valence-corrected chi connectivity index (χ1v) is 6.83. The van der Waals surface area contributed by atoms with Crippen molar-refractivity contribution in [2.45, 2.75) is 25.3 Å². The number of esters is 1. The van der Waals surface area contributed by atoms with E-state index in [1.807, 2.05) is 0 Å². The van der Waals surface area contributed by atoms with Crippen LogP contribution in [0.5, 0.6) is 0 Å². The number of aldehydes is 1. The van der Waals surface area contributed by atoms with Crippen LogP contribution < -0.4 is 10.6 Å². The lowest BCUT2D eigenvalue weighted by molar-refractivity contribution is -0.141. The minimum Gasteiger partial charge on any atom is -0.480 e. The van der Waals surface area contributed by atoms with Gasteiger partial charge in [0, 0.05) is 18.6 Å². The van der Waals surface area contributed by atoms with Crippen molar-refractivity contribution in [3.05, 3.63) is 0 Å². The Morgan fingerprint density at radius 3 is 2.29 bits per heavy atom. The van der Waals surface area contributed by atoms with Crippen molar-refractivity contribution in [2.24, 2.45) is 0 Å². The van der Waals surface area contributed by atoms with Crippen molar-refractivity contribution in [1.29, 1.82) is 0 Å². The zero-order valence-electron chi connectivity index (χ0n) is 12.1. The standard InChI is InChI=1S/C9H15NO4S.C3H7NO2/c1-14-9(13)4-2-3-8(12)10-7(5-11)6-15;1-4-2-3(5)6/h5,7,15H,2-4,6H2,1H3,(H,10,12);4H,2H2,1H3,(H,5,6). The molecule has 0 spiro atoms. The molecule has 0 aromatic carbocycles. The van der Waals surface area contributed by atoms with E-state index in [-0.39, 0.29) is 37.0 Å². The van der Waals surface area contributed by atoms with E-state index in [4.69, 9.17) is 5.11 Å². The molecule has 0 bridgehead atoms. The van der Waals surface area contributed by atoms with Crippen LogP contribution in [0.3, 0.4) is 0 Å². The van der Waals surface area contributed by atoms with E-state index in [9.17, 15) is 19.2 Å². The summed E-state index contributed by atoms with van der Waals surface area (Å²) in [5, 5.41) is 12.8. The molecule has 0 heterocycles. The van der Waals surface area contributed by atoms with E-state index in [2.05, 4.69) is 28.0 Å². The van der Waals surface area contributed by atoms with Gasteiger partial charge in [-0.1, -0.05) is 0 Å². The molecule has 0 radical (unpaired) electrons. The molecular formula is C12H22N2O6S. The molecule has 8 nitrogen and oxygen atoms in total. The molecule has 122 valence electrons. The first-order chi connectivity index (χ1) is 9.90. The van der Waals surface area contributed by atoms with Gasteiger partial charge in [0.1, 0.15) is 6.29 Å². The van der Waals surface area contributed by atoms with Gasteiger partial charge in [-0.25, -0.2) is 0 Å². The summed E-state index contributed by atoms with van der Waals surface area (Å²) in [7, 11) is 2.89. The fourth-order valence-corrected chi connectivity index (χ4v) is 1.23. The number of amides is 1. The number of aliphatic carboxylic acids is 1. The third kappa shape index (κ3) is 16.3. The molecule has 0 saturated heterocycles. The number of rotatable bonds is 9. The predicted octanol–water partition coefficient (Wildman–Crippen LogP) is -0.766. The van der Waals surface area contributed by atoms with Gasteiger partial charge in [-0.3, -0.25) is 14.4 Å². The first kappa shape index (κ1) is 21.7. The summed E-state index contributed by atoms with van der Waals surface area (Å²) < 4.78 is 4.42. The number of carboxylic acids is 1. The number of thiol groups is 1. The summed E-state index contributed by atoms with van der Waals surface area (Å²) in [6.45, 7) is 0.0417. The largest absolute Gasteiger partial charge is 0.480 e. The zero-order chi connectivity index (χ0) is 16.7. The van der Waals surface area contributed by atoms with Crippen LogP contribution in [-0.2, 0) is 23.9 Å². The van der Waals surface area contributed by atoms with E-state index >= 15 is 0 Å². The number of likely N-dealkylation sites (N-methyl/N-ethyl adjacent to an activating group) is 1. The maximum absolute atomic E-state index is 11.2. The van der Waals surface area contributed by atoms with Gasteiger partial charge in [-0.2, -0.15) is 12.6 Å². The molecule has 1 unspecified atom stereocenters. The Morgan fingerprint density at radius 2 is 1.95 bits per heavy atom. The Balaban J connectivity index is 0. The molecule has 0 aliphatic heterocycles. The van der Waals surface area contributed by atoms with Gasteiger partial charge in [0.05, 0.1) is 19.7 Å². The second kappa shape index (κ2) is 14.8. The molecule has 1 atom stereocenters. The predicted molar refractivity (Wildman–Crippen MR) is 79.3 cm³/mol. The van der Waals surface area contributed by atoms with Gasteiger partial charge in [0.25, 0.3) is 0 Å². The lowest BCUT2D eigenvalue weighted by Gasteiger charge is -2.09. The molecule has 0 aliphatic carbocycles. The number of carbonyl (C=O) groups is 4. The van der Waals surface area contributed by atoms with Crippen LogP contribution >= 0.6 is 12.6 Å². The number of carbonyl (C=O) groups excluding carboxylic acids is 3. The molecule has 0 aromatic heterocycles. The van der Waals surface area contributed by atoms with Crippen LogP contribution in [0, 0.1) is 0 Å². The molecule has 21 heavy (non-hydrogen) atoms. The Morgan fingerprint density at radius 1 is 1.33 bits per heavy atom. The van der Waals surface area contributed by atoms with Crippen LogP contribution in [0.4, 0.5) is 0 Å². The number of hydrogen-bond acceptors (Lipinski definition) is 7. The van der Waals surface area contributed by atoms with E-state index in [1.165, 1.54) is 7.11 Å². The average Bonchev–Trinajstić information content (AvgIpc) is 2.45. The van der Waals surface area contributed by atoms with Crippen LogP contribution in [0.15, 0.2) is 0 Å². The summed E-state index contributed by atoms with van der Waals surface area (Å²) in [6, 6.07) is -0.557. The highest BCUT2D eigenvalue weighted by Gasteiger charge is 2.09. The van der Waals surface area contributed by atoms with Crippen molar-refractivity contribution >= 4 is 36.8 Å². The van der Waals surface area contributed by atoms with E-state index in [0.29, 0.717) is 12.7 Å². The monoisotopic (exact) mass is 322 g/mol. The Bertz CT molecular complexity index is 338. The number of hydrogen-bond donors (Lipinski definition) is 4. The normalized spacial score (nSPS) is 10.6. The van der Waals surface area contributed by atoms with Crippen LogP contribution in [0.25, 0.3) is 0 Å². The van der Waals surface area contributed by atoms with Crippen molar-refractivity contribution < 1.29 is 29.0 Å². The molecule has 1 amide bonds. The lowest BCUT2D eigenvalue weighted by Crippen LogP contribution is -2.37. The molecule has 3 N–H and O–H groups in total. The van der Waals surface area contributed by atoms with Gasteiger partial charge in [0.2, 0.25) is 5.91 Å². The SMILES string of the molecule is CNCC(=O)O.COC(=O)CCCC(=O)NC(C=O)CS. The summed E-state index contributed by atoms with van der Waals surface area (Å²) in [6.07, 6.45) is 1.45. The third-order valence-electron chi connectivity index (χ3n) is 2.05. The summed E-state index contributed by atoms with van der Waals surface area (Å²) in [4.78, 5) is 41.8. The maximum Gasteiger partial charge on any atom is 0.317 e. The highest BCUT2D eigenvalue weighted by atomic mass is 32.1. The molecule has 9 heteroatoms. The highest BCUT2D eigenvalue weighted by Crippen LogP contribution is 1.97. The van der Waals surface area contributed by atoms with Gasteiger partial charge in [0.15, 0.2) is 0 Å². The van der Waals surface area contributed by atoms with Crippen LogP contribution in [0.1, 0.15) is 19.3 Å². The second-order valence-electron chi connectivity index (χ2n) is 3.85. The number of nitrogens with one attached hydrogen (secondary N) is 2. The minimum absolute atomic E-state index is 0.0417. The molecule has 0 saturated carbocycles. The molecular weight excluding hydrogens is 300 g/mol.